The summed E-state index contributed by atoms with van der Waals surface area (Å²) in [6, 6.07) is 20.9. The molecule has 36 heavy (non-hydrogen) atoms. The first-order valence-electron chi connectivity index (χ1n) is 12.1. The van der Waals surface area contributed by atoms with Crippen molar-refractivity contribution in [2.24, 2.45) is 5.92 Å². The summed E-state index contributed by atoms with van der Waals surface area (Å²) in [6.07, 6.45) is 1.69. The fraction of sp³-hybridized carbons (Fsp3) is 0.286. The van der Waals surface area contributed by atoms with Crippen LogP contribution in [0.25, 0.3) is 0 Å². The van der Waals surface area contributed by atoms with Crippen molar-refractivity contribution in [2.75, 3.05) is 19.0 Å². The number of nitro groups is 1. The lowest BCUT2D eigenvalue weighted by molar-refractivity contribution is -0.384. The lowest BCUT2D eigenvalue weighted by Gasteiger charge is -2.36. The van der Waals surface area contributed by atoms with Crippen molar-refractivity contribution in [3.63, 3.8) is 0 Å². The number of ketones is 1. The maximum atomic E-state index is 14.4. The molecule has 4 atom stereocenters. The van der Waals surface area contributed by atoms with E-state index in [1.54, 1.807) is 43.5 Å². The van der Waals surface area contributed by atoms with E-state index < -0.39 is 16.4 Å². The van der Waals surface area contributed by atoms with Crippen LogP contribution in [0.2, 0.25) is 0 Å². The number of ether oxygens (including phenoxy) is 1. The standard InChI is InChI=1S/C28H25N3O5/c1-36-20-13-11-17(12-14-20)26(32)25-24(18-6-4-7-19(16-18)31(34)35)23-10-5-15-30(23)28(25)21-8-2-3-9-22(21)29-27(28)33/h2-4,6-9,11-14,16,23-25H,5,10,15H2,1H3,(H,29,33)/t23?,24?,25?,28-/m1/s1. The molecule has 8 nitrogen and oxygen atoms in total. The van der Waals surface area contributed by atoms with Crippen LogP contribution in [0.4, 0.5) is 11.4 Å². The number of para-hydroxylation sites is 1. The molecule has 1 amide bonds. The number of methoxy groups -OCH3 is 1. The Bertz CT molecular complexity index is 1390. The van der Waals surface area contributed by atoms with E-state index in [1.165, 1.54) is 6.07 Å². The number of amides is 1. The van der Waals surface area contributed by atoms with Gasteiger partial charge in [-0.2, -0.15) is 0 Å². The van der Waals surface area contributed by atoms with Gasteiger partial charge in [0.25, 0.3) is 5.69 Å². The van der Waals surface area contributed by atoms with Crippen molar-refractivity contribution in [1.29, 1.82) is 0 Å². The number of fused-ring (bicyclic) bond motifs is 4. The van der Waals surface area contributed by atoms with Crippen LogP contribution in [0, 0.1) is 16.0 Å². The molecule has 182 valence electrons. The van der Waals surface area contributed by atoms with Crippen molar-refractivity contribution in [3.8, 4) is 5.75 Å². The van der Waals surface area contributed by atoms with E-state index in [1.807, 2.05) is 30.3 Å². The second-order valence-electron chi connectivity index (χ2n) is 9.62. The van der Waals surface area contributed by atoms with Gasteiger partial charge in [0.15, 0.2) is 5.78 Å². The lowest BCUT2D eigenvalue weighted by Crippen LogP contribution is -2.52. The van der Waals surface area contributed by atoms with Gasteiger partial charge in [0.2, 0.25) is 5.91 Å². The summed E-state index contributed by atoms with van der Waals surface area (Å²) in [5.74, 6) is -0.890. The molecule has 6 rings (SSSR count). The highest BCUT2D eigenvalue weighted by molar-refractivity contribution is 6.12. The monoisotopic (exact) mass is 483 g/mol. The van der Waals surface area contributed by atoms with Crippen LogP contribution in [0.1, 0.15) is 40.2 Å². The number of Topliss-reactive ketones (excluding diaryl/α,β-unsaturated/α-hetero) is 1. The van der Waals surface area contributed by atoms with Crippen LogP contribution in [0.5, 0.6) is 5.75 Å². The molecule has 3 aliphatic heterocycles. The summed E-state index contributed by atoms with van der Waals surface area (Å²) >= 11 is 0. The van der Waals surface area contributed by atoms with Crippen LogP contribution in [-0.4, -0.2) is 41.2 Å². The fourth-order valence-corrected chi connectivity index (χ4v) is 6.67. The van der Waals surface area contributed by atoms with Gasteiger partial charge < -0.3 is 10.1 Å². The average molecular weight is 484 g/mol. The molecular formula is C28H25N3O5. The number of carbonyl (C=O) groups is 2. The summed E-state index contributed by atoms with van der Waals surface area (Å²) in [5, 5.41) is 14.6. The van der Waals surface area contributed by atoms with E-state index in [9.17, 15) is 19.7 Å². The molecule has 1 N–H and O–H groups in total. The van der Waals surface area contributed by atoms with E-state index in [0.717, 1.165) is 18.4 Å². The van der Waals surface area contributed by atoms with Gasteiger partial charge in [-0.05, 0) is 55.3 Å². The Kier molecular flexibility index (Phi) is 5.15. The third kappa shape index (κ3) is 3.04. The normalized spacial score (nSPS) is 26.5. The molecule has 0 saturated carbocycles. The largest absolute Gasteiger partial charge is 0.497 e. The minimum Gasteiger partial charge on any atom is -0.497 e. The molecule has 3 aliphatic rings. The molecule has 0 aromatic heterocycles. The zero-order valence-corrected chi connectivity index (χ0v) is 19.7. The second-order valence-corrected chi connectivity index (χ2v) is 9.62. The third-order valence-corrected chi connectivity index (χ3v) is 8.03. The van der Waals surface area contributed by atoms with E-state index in [4.69, 9.17) is 4.74 Å². The highest BCUT2D eigenvalue weighted by Gasteiger charge is 2.69. The van der Waals surface area contributed by atoms with Gasteiger partial charge in [-0.1, -0.05) is 30.3 Å². The Morgan fingerprint density at radius 3 is 2.64 bits per heavy atom. The van der Waals surface area contributed by atoms with Gasteiger partial charge in [-0.15, -0.1) is 0 Å². The van der Waals surface area contributed by atoms with Crippen LogP contribution in [-0.2, 0) is 10.3 Å². The number of nitrogens with one attached hydrogen (secondary N) is 1. The smallest absolute Gasteiger partial charge is 0.269 e. The Morgan fingerprint density at radius 2 is 1.89 bits per heavy atom. The number of rotatable bonds is 5. The van der Waals surface area contributed by atoms with Crippen molar-refractivity contribution >= 4 is 23.1 Å². The first kappa shape index (κ1) is 22.4. The zero-order chi connectivity index (χ0) is 25.0. The predicted octanol–water partition coefficient (Wildman–Crippen LogP) is 4.51. The van der Waals surface area contributed by atoms with Gasteiger partial charge in [-0.25, -0.2) is 0 Å². The number of anilines is 1. The molecule has 2 fully saturated rings. The minimum absolute atomic E-state index is 0.0232. The molecular weight excluding hydrogens is 458 g/mol. The fourth-order valence-electron chi connectivity index (χ4n) is 6.67. The van der Waals surface area contributed by atoms with Gasteiger partial charge >= 0.3 is 0 Å². The maximum absolute atomic E-state index is 14.4. The molecule has 0 aliphatic carbocycles. The SMILES string of the molecule is COc1ccc(C(=O)C2C(c3cccc([N+](=O)[O-])c3)C3CCCN3[C@@]23C(=O)Nc2ccccc23)cc1. The van der Waals surface area contributed by atoms with Gasteiger partial charge in [0.1, 0.15) is 11.3 Å². The Balaban J connectivity index is 1.59. The molecule has 2 saturated heterocycles. The molecule has 3 aromatic rings. The molecule has 0 radical (unpaired) electrons. The molecule has 0 bridgehead atoms. The van der Waals surface area contributed by atoms with Crippen molar-refractivity contribution in [3.05, 3.63) is 99.6 Å². The topological polar surface area (TPSA) is 102 Å². The molecule has 3 aromatic carbocycles. The highest BCUT2D eigenvalue weighted by Crippen LogP contribution is 2.61. The number of hydrogen-bond donors (Lipinski definition) is 1. The molecule has 3 unspecified atom stereocenters. The summed E-state index contributed by atoms with van der Waals surface area (Å²) < 4.78 is 5.27. The maximum Gasteiger partial charge on any atom is 0.269 e. The zero-order valence-electron chi connectivity index (χ0n) is 19.7. The van der Waals surface area contributed by atoms with Crippen LogP contribution < -0.4 is 10.1 Å². The lowest BCUT2D eigenvalue weighted by atomic mass is 9.68. The first-order valence-corrected chi connectivity index (χ1v) is 12.1. The quantitative estimate of drug-likeness (QED) is 0.325. The number of non-ortho nitro benzene ring substituents is 1. The summed E-state index contributed by atoms with van der Waals surface area (Å²) in [7, 11) is 1.56. The molecule has 8 heteroatoms. The van der Waals surface area contributed by atoms with E-state index in [2.05, 4.69) is 10.2 Å². The number of carbonyl (C=O) groups excluding carboxylic acids is 2. The summed E-state index contributed by atoms with van der Waals surface area (Å²) in [6.45, 7) is 0.671. The number of nitro benzene ring substituents is 1. The molecule has 1 spiro atoms. The van der Waals surface area contributed by atoms with Crippen LogP contribution >= 0.6 is 0 Å². The van der Waals surface area contributed by atoms with Crippen molar-refractivity contribution in [2.45, 2.75) is 30.3 Å². The number of benzene rings is 3. The Morgan fingerprint density at radius 1 is 1.11 bits per heavy atom. The number of hydrogen-bond acceptors (Lipinski definition) is 6. The Labute approximate surface area is 208 Å². The average Bonchev–Trinajstić information content (AvgIpc) is 3.57. The number of nitrogens with zero attached hydrogens (tertiary/aromatic N) is 2. The highest BCUT2D eigenvalue weighted by atomic mass is 16.6. The minimum atomic E-state index is -1.19. The first-order chi connectivity index (χ1) is 17.5. The second kappa shape index (κ2) is 8.27. The van der Waals surface area contributed by atoms with E-state index >= 15 is 0 Å². The van der Waals surface area contributed by atoms with Crippen LogP contribution in [0.15, 0.2) is 72.8 Å². The summed E-state index contributed by atoms with van der Waals surface area (Å²) in [4.78, 5) is 41.8. The predicted molar refractivity (Wildman–Crippen MR) is 133 cm³/mol. The van der Waals surface area contributed by atoms with Gasteiger partial charge in [0, 0.05) is 40.9 Å². The Hall–Kier alpha value is -4.04. The van der Waals surface area contributed by atoms with Crippen LogP contribution in [0.3, 0.4) is 0 Å². The van der Waals surface area contributed by atoms with Crippen molar-refractivity contribution in [1.82, 2.24) is 4.90 Å². The molecule has 3 heterocycles. The summed E-state index contributed by atoms with van der Waals surface area (Å²) in [5.41, 5.74) is 1.48. The van der Waals surface area contributed by atoms with Gasteiger partial charge in [0.05, 0.1) is 18.0 Å². The third-order valence-electron chi connectivity index (χ3n) is 8.03. The van der Waals surface area contributed by atoms with Gasteiger partial charge in [-0.3, -0.25) is 24.6 Å². The van der Waals surface area contributed by atoms with Crippen molar-refractivity contribution < 1.29 is 19.2 Å². The van der Waals surface area contributed by atoms with E-state index in [0.29, 0.717) is 29.1 Å². The van der Waals surface area contributed by atoms with E-state index in [-0.39, 0.29) is 29.3 Å².